The largest absolute Gasteiger partial charge is 0.328 e. The molecule has 0 unspecified atom stereocenters. The lowest BCUT2D eigenvalue weighted by atomic mass is 10.1. The van der Waals surface area contributed by atoms with Gasteiger partial charge in [0.05, 0.1) is 26.4 Å². The van der Waals surface area contributed by atoms with E-state index in [0.717, 1.165) is 9.80 Å². The Morgan fingerprint density at radius 1 is 1.14 bits per heavy atom. The number of amides is 3. The lowest BCUT2D eigenvalue weighted by Crippen LogP contribution is -2.36. The summed E-state index contributed by atoms with van der Waals surface area (Å²) in [5.74, 6) is -1.29. The average Bonchev–Trinajstić information content (AvgIpc) is 3.20. The number of fused-ring (bicyclic) bond motifs is 1. The maximum Gasteiger partial charge on any atom is 0.328 e. The van der Waals surface area contributed by atoms with E-state index in [1.807, 2.05) is 12.3 Å². The number of hydrogen-bond acceptors (Lipinski definition) is 8. The molecular weight excluding hydrogens is 494 g/mol. The van der Waals surface area contributed by atoms with Crippen molar-refractivity contribution in [2.75, 3.05) is 18.1 Å². The number of aromatic nitrogens is 2. The fraction of sp³-hybridized carbons (Fsp3) is 0.182. The number of carbonyl (C=O) groups is 3. The Morgan fingerprint density at radius 3 is 2.49 bits per heavy atom. The van der Waals surface area contributed by atoms with Gasteiger partial charge in [0, 0.05) is 30.7 Å². The van der Waals surface area contributed by atoms with E-state index < -0.39 is 28.5 Å². The van der Waals surface area contributed by atoms with Gasteiger partial charge in [-0.15, -0.1) is 11.8 Å². The van der Waals surface area contributed by atoms with Crippen LogP contribution in [0.1, 0.15) is 5.56 Å². The van der Waals surface area contributed by atoms with Gasteiger partial charge in [0.25, 0.3) is 16.8 Å². The molecule has 4 rings (SSSR count). The van der Waals surface area contributed by atoms with E-state index >= 15 is 0 Å². The SMILES string of the molecule is CSc1cccc(NC(=O)CN2C(=O)S/C(=C\c3cc4c(cc3[N+](=O)[O-])n(C)c(=O)n4C)C2=O)c1. The number of imidazole rings is 1. The summed E-state index contributed by atoms with van der Waals surface area (Å²) in [6, 6.07) is 9.79. The molecule has 1 aliphatic heterocycles. The number of nitro groups is 1. The van der Waals surface area contributed by atoms with Gasteiger partial charge >= 0.3 is 5.69 Å². The van der Waals surface area contributed by atoms with Crippen molar-refractivity contribution in [1.29, 1.82) is 0 Å². The lowest BCUT2D eigenvalue weighted by molar-refractivity contribution is -0.385. The monoisotopic (exact) mass is 513 g/mol. The number of rotatable bonds is 6. The lowest BCUT2D eigenvalue weighted by Gasteiger charge is -2.12. The Balaban J connectivity index is 1.61. The number of hydrogen-bond donors (Lipinski definition) is 1. The van der Waals surface area contributed by atoms with E-state index in [0.29, 0.717) is 28.5 Å². The normalized spacial score (nSPS) is 14.8. The van der Waals surface area contributed by atoms with Gasteiger partial charge in [-0.1, -0.05) is 6.07 Å². The molecule has 3 amide bonds. The predicted octanol–water partition coefficient (Wildman–Crippen LogP) is 3.18. The van der Waals surface area contributed by atoms with Crippen molar-refractivity contribution in [1.82, 2.24) is 14.0 Å². The van der Waals surface area contributed by atoms with Crippen LogP contribution >= 0.6 is 23.5 Å². The fourth-order valence-electron chi connectivity index (χ4n) is 3.65. The third-order valence-corrected chi connectivity index (χ3v) is 7.07. The molecule has 0 atom stereocenters. The highest BCUT2D eigenvalue weighted by Gasteiger charge is 2.37. The van der Waals surface area contributed by atoms with Gasteiger partial charge in [-0.25, -0.2) is 4.79 Å². The number of nitrogens with one attached hydrogen (secondary N) is 1. The Kier molecular flexibility index (Phi) is 6.54. The van der Waals surface area contributed by atoms with Crippen LogP contribution in [-0.2, 0) is 23.7 Å². The zero-order valence-electron chi connectivity index (χ0n) is 18.8. The molecule has 1 fully saturated rings. The molecule has 35 heavy (non-hydrogen) atoms. The van der Waals surface area contributed by atoms with Gasteiger partial charge in [-0.3, -0.25) is 38.5 Å². The van der Waals surface area contributed by atoms with Crippen molar-refractivity contribution in [3.05, 3.63) is 67.5 Å². The van der Waals surface area contributed by atoms with Crippen molar-refractivity contribution in [3.63, 3.8) is 0 Å². The number of benzene rings is 2. The van der Waals surface area contributed by atoms with Crippen molar-refractivity contribution >= 4 is 69.1 Å². The van der Waals surface area contributed by atoms with Crippen LogP contribution in [0.3, 0.4) is 0 Å². The minimum Gasteiger partial charge on any atom is -0.324 e. The fourth-order valence-corrected chi connectivity index (χ4v) is 4.94. The summed E-state index contributed by atoms with van der Waals surface area (Å²) < 4.78 is 2.62. The molecule has 0 aliphatic carbocycles. The number of carbonyl (C=O) groups excluding carboxylic acids is 3. The molecule has 0 bridgehead atoms. The molecule has 3 aromatic rings. The van der Waals surface area contributed by atoms with Gasteiger partial charge in [-0.2, -0.15) is 0 Å². The van der Waals surface area contributed by atoms with E-state index in [9.17, 15) is 29.3 Å². The Bertz CT molecular complexity index is 1510. The van der Waals surface area contributed by atoms with Gasteiger partial charge in [0.1, 0.15) is 6.54 Å². The molecule has 1 N–H and O–H groups in total. The van der Waals surface area contributed by atoms with E-state index in [1.165, 1.54) is 53.2 Å². The first-order chi connectivity index (χ1) is 16.6. The van der Waals surface area contributed by atoms with Crippen LogP contribution < -0.4 is 11.0 Å². The third-order valence-electron chi connectivity index (χ3n) is 5.43. The molecule has 13 heteroatoms. The molecule has 1 saturated heterocycles. The second-order valence-electron chi connectivity index (χ2n) is 7.61. The maximum absolute atomic E-state index is 12.9. The molecule has 0 saturated carbocycles. The summed E-state index contributed by atoms with van der Waals surface area (Å²) >= 11 is 2.09. The third kappa shape index (κ3) is 4.59. The van der Waals surface area contributed by atoms with E-state index in [2.05, 4.69) is 5.32 Å². The van der Waals surface area contributed by atoms with Crippen molar-refractivity contribution in [2.24, 2.45) is 14.1 Å². The first-order valence-electron chi connectivity index (χ1n) is 10.1. The van der Waals surface area contributed by atoms with Crippen LogP contribution in [0.5, 0.6) is 0 Å². The number of aryl methyl sites for hydroxylation is 2. The Hall–Kier alpha value is -3.84. The summed E-state index contributed by atoms with van der Waals surface area (Å²) in [4.78, 5) is 62.8. The van der Waals surface area contributed by atoms with E-state index in [4.69, 9.17) is 0 Å². The summed E-state index contributed by atoms with van der Waals surface area (Å²) in [6.45, 7) is -0.500. The smallest absolute Gasteiger partial charge is 0.324 e. The van der Waals surface area contributed by atoms with Crippen molar-refractivity contribution < 1.29 is 19.3 Å². The predicted molar refractivity (Wildman–Crippen MR) is 134 cm³/mol. The number of nitro benzene ring substituents is 1. The molecule has 180 valence electrons. The number of nitrogens with zero attached hydrogens (tertiary/aromatic N) is 4. The quantitative estimate of drug-likeness (QED) is 0.230. The van der Waals surface area contributed by atoms with Crippen LogP contribution in [0.25, 0.3) is 17.1 Å². The number of thioether (sulfide) groups is 2. The summed E-state index contributed by atoms with van der Waals surface area (Å²) in [5, 5.41) is 13.7. The Labute approximate surface area is 206 Å². The molecule has 1 aromatic heterocycles. The highest BCUT2D eigenvalue weighted by molar-refractivity contribution is 8.18. The summed E-state index contributed by atoms with van der Waals surface area (Å²) in [7, 11) is 3.03. The second-order valence-corrected chi connectivity index (χ2v) is 9.48. The van der Waals surface area contributed by atoms with Crippen molar-refractivity contribution in [2.45, 2.75) is 4.90 Å². The second kappa shape index (κ2) is 9.43. The van der Waals surface area contributed by atoms with Crippen molar-refractivity contribution in [3.8, 4) is 0 Å². The molecule has 2 aromatic carbocycles. The van der Waals surface area contributed by atoms with Crippen LogP contribution in [0.4, 0.5) is 16.2 Å². The van der Waals surface area contributed by atoms with Crippen LogP contribution in [0.15, 0.2) is 51.0 Å². The molecule has 2 heterocycles. The molecule has 11 nitrogen and oxygen atoms in total. The highest BCUT2D eigenvalue weighted by atomic mass is 32.2. The zero-order valence-corrected chi connectivity index (χ0v) is 20.4. The van der Waals surface area contributed by atoms with Gasteiger partial charge in [0.15, 0.2) is 0 Å². The molecule has 0 spiro atoms. The van der Waals surface area contributed by atoms with Gasteiger partial charge in [-0.05, 0) is 48.4 Å². The maximum atomic E-state index is 12.9. The number of anilines is 1. The first-order valence-corrected chi connectivity index (χ1v) is 12.2. The van der Waals surface area contributed by atoms with Crippen LogP contribution in [-0.4, -0.2) is 48.8 Å². The Morgan fingerprint density at radius 2 is 1.83 bits per heavy atom. The highest BCUT2D eigenvalue weighted by Crippen LogP contribution is 2.35. The van der Waals surface area contributed by atoms with Crippen LogP contribution in [0.2, 0.25) is 0 Å². The topological polar surface area (TPSA) is 137 Å². The van der Waals surface area contributed by atoms with Gasteiger partial charge < -0.3 is 5.32 Å². The number of imide groups is 1. The van der Waals surface area contributed by atoms with Crippen LogP contribution in [0, 0.1) is 10.1 Å². The van der Waals surface area contributed by atoms with E-state index in [-0.39, 0.29) is 21.8 Å². The molecule has 1 aliphatic rings. The van der Waals surface area contributed by atoms with E-state index in [1.54, 1.807) is 18.2 Å². The zero-order chi connectivity index (χ0) is 25.4. The minimum absolute atomic E-state index is 0.0597. The summed E-state index contributed by atoms with van der Waals surface area (Å²) in [6.07, 6.45) is 3.13. The first kappa shape index (κ1) is 24.3. The molecule has 0 radical (unpaired) electrons. The summed E-state index contributed by atoms with van der Waals surface area (Å²) in [5.41, 5.74) is 0.698. The van der Waals surface area contributed by atoms with Gasteiger partial charge in [0.2, 0.25) is 5.91 Å². The minimum atomic E-state index is -0.732. The standard InChI is InChI=1S/C22H19N5O6S2/c1-24-16-7-12(15(27(32)33)10-17(16)25(2)21(24)30)8-18-20(29)26(22(31)35-18)11-19(28)23-13-5-4-6-14(9-13)34-3/h4-10H,11H2,1-3H3,(H,23,28)/b18-8-. The average molecular weight is 514 g/mol. The molecular formula is C22H19N5O6S2.